The summed E-state index contributed by atoms with van der Waals surface area (Å²) in [4.78, 5) is 67.3. The molecule has 10 nitrogen and oxygen atoms in total. The molecule has 7 rings (SSSR count). The Labute approximate surface area is 353 Å². The third-order valence-corrected chi connectivity index (χ3v) is 18.5. The summed E-state index contributed by atoms with van der Waals surface area (Å²) in [6.45, 7) is 25.3. The van der Waals surface area contributed by atoms with Crippen LogP contribution in [0.4, 0.5) is 0 Å². The molecule has 1 aliphatic heterocycles. The molecule has 6 fully saturated rings. The minimum atomic E-state index is -1.13. The van der Waals surface area contributed by atoms with Crippen molar-refractivity contribution >= 4 is 41.9 Å². The first-order valence-corrected chi connectivity index (χ1v) is 22.4. The molecule has 2 amide bonds. The minimum Gasteiger partial charge on any atom is -0.481 e. The molecule has 11 atom stereocenters. The number of nitrogens with one attached hydrogen (secondary N) is 3. The minimum absolute atomic E-state index is 0. The van der Waals surface area contributed by atoms with Crippen LogP contribution in [0.15, 0.2) is 11.1 Å². The van der Waals surface area contributed by atoms with Gasteiger partial charge in [-0.2, -0.15) is 0 Å². The lowest BCUT2D eigenvalue weighted by atomic mass is 9.33. The van der Waals surface area contributed by atoms with E-state index < -0.39 is 34.3 Å². The number of halogens is 1. The molecule has 6 aliphatic carbocycles. The van der Waals surface area contributed by atoms with E-state index in [1.54, 1.807) is 13.8 Å². The van der Waals surface area contributed by atoms with Crippen LogP contribution < -0.4 is 16.0 Å². The number of Topliss-reactive ketones (excluding diaryl/α,β-unsaturated/α-hetero) is 1. The molecule has 4 N–H and O–H groups in total. The molecule has 0 aromatic rings. The van der Waals surface area contributed by atoms with Gasteiger partial charge in [0.1, 0.15) is 11.6 Å². The van der Waals surface area contributed by atoms with E-state index in [1.807, 2.05) is 13.8 Å². The number of carboxylic acid groups (broad SMARTS) is 1. The zero-order chi connectivity index (χ0) is 41.9. The van der Waals surface area contributed by atoms with E-state index in [1.165, 1.54) is 5.57 Å². The molecule has 7 aliphatic rings. The topological polar surface area (TPSA) is 151 Å². The van der Waals surface area contributed by atoms with Crippen molar-refractivity contribution in [3.8, 4) is 0 Å². The maximum absolute atomic E-state index is 14.4. The largest absolute Gasteiger partial charge is 0.481 e. The summed E-state index contributed by atoms with van der Waals surface area (Å²) >= 11 is 0. The highest BCUT2D eigenvalue weighted by atomic mass is 35.5. The van der Waals surface area contributed by atoms with E-state index in [0.29, 0.717) is 31.2 Å². The van der Waals surface area contributed by atoms with Gasteiger partial charge in [-0.25, -0.2) is 0 Å². The van der Waals surface area contributed by atoms with Crippen LogP contribution >= 0.6 is 12.4 Å². The van der Waals surface area contributed by atoms with E-state index in [0.717, 1.165) is 69.9 Å². The summed E-state index contributed by atoms with van der Waals surface area (Å²) in [5, 5.41) is 19.5. The van der Waals surface area contributed by atoms with Gasteiger partial charge >= 0.3 is 11.9 Å². The molecule has 0 radical (unpaired) electrons. The highest BCUT2D eigenvalue weighted by Crippen LogP contribution is 2.76. The lowest BCUT2D eigenvalue weighted by Gasteiger charge is -2.72. The van der Waals surface area contributed by atoms with E-state index in [-0.39, 0.29) is 87.9 Å². The Morgan fingerprint density at radius 2 is 1.53 bits per heavy atom. The summed E-state index contributed by atoms with van der Waals surface area (Å²) in [6, 6.07) is 0. The first kappa shape index (κ1) is 45.1. The van der Waals surface area contributed by atoms with Crippen molar-refractivity contribution in [1.82, 2.24) is 16.0 Å². The average molecular weight is 829 g/mol. The Morgan fingerprint density at radius 1 is 0.845 bits per heavy atom. The quantitative estimate of drug-likeness (QED) is 0.181. The molecule has 0 aromatic carbocycles. The molecule has 0 bridgehead atoms. The number of aliphatic carboxylic acids is 1. The predicted octanol–water partition coefficient (Wildman–Crippen LogP) is 7.81. The van der Waals surface area contributed by atoms with Crippen LogP contribution in [-0.4, -0.2) is 64.9 Å². The summed E-state index contributed by atoms with van der Waals surface area (Å²) < 4.78 is 6.41. The molecule has 1 saturated heterocycles. The molecule has 326 valence electrons. The fourth-order valence-electron chi connectivity index (χ4n) is 14.8. The number of hydrogen-bond acceptors (Lipinski definition) is 7. The van der Waals surface area contributed by atoms with Crippen LogP contribution in [0.3, 0.4) is 0 Å². The van der Waals surface area contributed by atoms with Gasteiger partial charge in [-0.05, 0) is 147 Å². The fourth-order valence-corrected chi connectivity index (χ4v) is 14.8. The molecule has 5 saturated carbocycles. The lowest BCUT2D eigenvalue weighted by molar-refractivity contribution is -0.235. The first-order valence-electron chi connectivity index (χ1n) is 22.4. The number of piperidine rings is 1. The van der Waals surface area contributed by atoms with Gasteiger partial charge in [0.2, 0.25) is 11.8 Å². The van der Waals surface area contributed by atoms with Gasteiger partial charge in [-0.1, -0.05) is 62.3 Å². The Morgan fingerprint density at radius 3 is 2.14 bits per heavy atom. The van der Waals surface area contributed by atoms with Crippen molar-refractivity contribution in [3.63, 3.8) is 0 Å². The van der Waals surface area contributed by atoms with Crippen LogP contribution in [-0.2, 0) is 28.7 Å². The molecular weight excluding hydrogens is 754 g/mol. The number of ether oxygens (including phenoxy) is 1. The SMILES string of the molecule is CC(C)C1=C2[C@H]3CC[C@@H]4[C@@]5(C)CC[C@H](OC(=O)[C@H]6C[C@@H](C(=O)O)C6(C)C)C(C)(C)[C@@H]5CC[C@@]4(C)[C@]3(C)CC[C@@]2(NC(=O)C(C)(C)NC(=O)C2CCCNC2)CC1=O.Cl. The van der Waals surface area contributed by atoms with Gasteiger partial charge in [0.05, 0.1) is 23.3 Å². The molecular formula is C47H74ClN3O7. The molecule has 58 heavy (non-hydrogen) atoms. The number of amides is 2. The summed E-state index contributed by atoms with van der Waals surface area (Å²) in [5.41, 5.74) is -0.701. The van der Waals surface area contributed by atoms with Crippen molar-refractivity contribution in [3.05, 3.63) is 11.1 Å². The zero-order valence-electron chi connectivity index (χ0n) is 37.3. The zero-order valence-corrected chi connectivity index (χ0v) is 38.1. The maximum Gasteiger partial charge on any atom is 0.309 e. The Kier molecular flexibility index (Phi) is 11.6. The van der Waals surface area contributed by atoms with Gasteiger partial charge in [0.15, 0.2) is 5.78 Å². The Bertz CT molecular complexity index is 1750. The van der Waals surface area contributed by atoms with Crippen LogP contribution in [0.2, 0.25) is 0 Å². The number of hydrogen-bond donors (Lipinski definition) is 4. The number of rotatable bonds is 8. The third kappa shape index (κ3) is 6.61. The van der Waals surface area contributed by atoms with Gasteiger partial charge in [-0.3, -0.25) is 24.0 Å². The predicted molar refractivity (Wildman–Crippen MR) is 226 cm³/mol. The lowest BCUT2D eigenvalue weighted by Crippen LogP contribution is -2.68. The third-order valence-electron chi connectivity index (χ3n) is 18.5. The smallest absolute Gasteiger partial charge is 0.309 e. The first-order chi connectivity index (χ1) is 26.4. The second kappa shape index (κ2) is 14.9. The molecule has 11 heteroatoms. The van der Waals surface area contributed by atoms with Crippen LogP contribution in [0.5, 0.6) is 0 Å². The molecule has 1 unspecified atom stereocenters. The highest BCUT2D eigenvalue weighted by molar-refractivity contribution is 6.03. The van der Waals surface area contributed by atoms with Gasteiger partial charge < -0.3 is 25.8 Å². The number of fused-ring (bicyclic) bond motifs is 7. The van der Waals surface area contributed by atoms with E-state index in [9.17, 15) is 29.1 Å². The van der Waals surface area contributed by atoms with Crippen molar-refractivity contribution in [2.45, 2.75) is 170 Å². The number of ketones is 1. The summed E-state index contributed by atoms with van der Waals surface area (Å²) in [6.07, 6.45) is 9.63. The second-order valence-corrected chi connectivity index (χ2v) is 22.7. The number of carbonyl (C=O) groups excluding carboxylic acids is 4. The standard InChI is InChI=1S/C47H73N3O7.ClH/c1-26(2)35-31(51)24-47(50-40(56)43(7,8)49-37(52)27-13-12-22-48-25-27)21-20-45(10)28(36(35)47)14-15-33-44(9)18-17-34(42(5,6)32(44)16-19-46(33,45)11)57-39(55)30-23-29(38(53)54)41(30,3)4;/h26-30,32-34,48H,12-25H2,1-11H3,(H,49,52)(H,50,56)(H,53,54);1H/t27?,28-,29+,30-,32+,33-,34+,44+,45-,46-,47-;/m1./s1. The summed E-state index contributed by atoms with van der Waals surface area (Å²) in [7, 11) is 0. The highest BCUT2D eigenvalue weighted by Gasteiger charge is 2.71. The van der Waals surface area contributed by atoms with Crippen molar-refractivity contribution < 1.29 is 33.8 Å². The monoisotopic (exact) mass is 828 g/mol. The van der Waals surface area contributed by atoms with E-state index in [2.05, 4.69) is 64.4 Å². The molecule has 0 aromatic heterocycles. The fraction of sp³-hybridized carbons (Fsp3) is 0.851. The molecule has 1 heterocycles. The van der Waals surface area contributed by atoms with Crippen molar-refractivity contribution in [1.29, 1.82) is 0 Å². The number of esters is 1. The number of carbonyl (C=O) groups is 5. The Hall–Kier alpha value is -2.46. The number of allylic oxidation sites excluding steroid dienone is 1. The van der Waals surface area contributed by atoms with Gasteiger partial charge in [0, 0.05) is 18.4 Å². The van der Waals surface area contributed by atoms with Crippen molar-refractivity contribution in [2.24, 2.45) is 68.5 Å². The van der Waals surface area contributed by atoms with Gasteiger partial charge in [0.25, 0.3) is 0 Å². The van der Waals surface area contributed by atoms with Crippen molar-refractivity contribution in [2.75, 3.05) is 13.1 Å². The van der Waals surface area contributed by atoms with Gasteiger partial charge in [-0.15, -0.1) is 12.4 Å². The summed E-state index contributed by atoms with van der Waals surface area (Å²) in [5.74, 6) is -1.32. The normalized spacial score (nSPS) is 41.4. The van der Waals surface area contributed by atoms with E-state index in [4.69, 9.17) is 4.74 Å². The molecule has 0 spiro atoms. The second-order valence-electron chi connectivity index (χ2n) is 22.7. The van der Waals surface area contributed by atoms with Crippen LogP contribution in [0, 0.1) is 68.5 Å². The number of carboxylic acids is 1. The average Bonchev–Trinajstić information content (AvgIpc) is 3.41. The van der Waals surface area contributed by atoms with Crippen LogP contribution in [0.25, 0.3) is 0 Å². The maximum atomic E-state index is 14.4. The Balaban J connectivity index is 0.00000567. The van der Waals surface area contributed by atoms with Crippen LogP contribution in [0.1, 0.15) is 153 Å². The van der Waals surface area contributed by atoms with E-state index >= 15 is 0 Å².